The first-order chi connectivity index (χ1) is 9.29. The zero-order valence-electron chi connectivity index (χ0n) is 11.9. The van der Waals surface area contributed by atoms with Crippen molar-refractivity contribution in [2.75, 3.05) is 20.8 Å². The second-order valence-corrected chi connectivity index (χ2v) is 5.89. The SMILES string of the molecule is COc1cccc(CNCC2(C3CC3)CC2)c1OC. The average Bonchev–Trinajstić information content (AvgIpc) is 3.29. The third-order valence-electron chi connectivity index (χ3n) is 4.61. The van der Waals surface area contributed by atoms with Gasteiger partial charge in [0.05, 0.1) is 14.2 Å². The van der Waals surface area contributed by atoms with Crippen molar-refractivity contribution in [2.24, 2.45) is 11.3 Å². The molecular formula is C16H23NO2. The van der Waals surface area contributed by atoms with Gasteiger partial charge in [0, 0.05) is 18.7 Å². The topological polar surface area (TPSA) is 30.5 Å². The maximum absolute atomic E-state index is 5.46. The molecule has 0 unspecified atom stereocenters. The minimum atomic E-state index is 0.645. The van der Waals surface area contributed by atoms with E-state index in [1.807, 2.05) is 12.1 Å². The summed E-state index contributed by atoms with van der Waals surface area (Å²) < 4.78 is 10.8. The highest BCUT2D eigenvalue weighted by Gasteiger charge is 2.53. The van der Waals surface area contributed by atoms with Gasteiger partial charge in [0.1, 0.15) is 0 Å². The highest BCUT2D eigenvalue weighted by Crippen LogP contribution is 2.60. The smallest absolute Gasteiger partial charge is 0.165 e. The van der Waals surface area contributed by atoms with Gasteiger partial charge in [0.15, 0.2) is 11.5 Å². The van der Waals surface area contributed by atoms with Gasteiger partial charge in [0.25, 0.3) is 0 Å². The Morgan fingerprint density at radius 3 is 2.58 bits per heavy atom. The van der Waals surface area contributed by atoms with Crippen LogP contribution >= 0.6 is 0 Å². The minimum Gasteiger partial charge on any atom is -0.493 e. The van der Waals surface area contributed by atoms with E-state index in [-0.39, 0.29) is 0 Å². The van der Waals surface area contributed by atoms with E-state index in [0.29, 0.717) is 5.41 Å². The Morgan fingerprint density at radius 2 is 2.00 bits per heavy atom. The lowest BCUT2D eigenvalue weighted by Gasteiger charge is -2.17. The maximum Gasteiger partial charge on any atom is 0.165 e. The van der Waals surface area contributed by atoms with E-state index in [1.165, 1.54) is 31.2 Å². The zero-order chi connectivity index (χ0) is 13.3. The van der Waals surface area contributed by atoms with E-state index in [2.05, 4.69) is 11.4 Å². The molecule has 3 rings (SSSR count). The van der Waals surface area contributed by atoms with Crippen LogP contribution in [0.15, 0.2) is 18.2 Å². The van der Waals surface area contributed by atoms with Crippen LogP contribution in [0.25, 0.3) is 0 Å². The normalized spacial score (nSPS) is 20.1. The molecule has 3 nitrogen and oxygen atoms in total. The molecule has 0 aliphatic heterocycles. The lowest BCUT2D eigenvalue weighted by atomic mass is 10.0. The van der Waals surface area contributed by atoms with Crippen molar-refractivity contribution in [1.82, 2.24) is 5.32 Å². The molecule has 0 amide bonds. The van der Waals surface area contributed by atoms with Gasteiger partial charge in [-0.2, -0.15) is 0 Å². The van der Waals surface area contributed by atoms with Gasteiger partial charge in [-0.3, -0.25) is 0 Å². The molecule has 104 valence electrons. The van der Waals surface area contributed by atoms with Crippen molar-refractivity contribution >= 4 is 0 Å². The maximum atomic E-state index is 5.46. The molecule has 2 aliphatic carbocycles. The molecule has 1 N–H and O–H groups in total. The molecule has 0 radical (unpaired) electrons. The molecule has 2 saturated carbocycles. The van der Waals surface area contributed by atoms with Gasteiger partial charge in [-0.15, -0.1) is 0 Å². The van der Waals surface area contributed by atoms with E-state index in [4.69, 9.17) is 9.47 Å². The fourth-order valence-electron chi connectivity index (χ4n) is 3.12. The van der Waals surface area contributed by atoms with Crippen LogP contribution in [-0.4, -0.2) is 20.8 Å². The van der Waals surface area contributed by atoms with Gasteiger partial charge in [-0.05, 0) is 43.1 Å². The summed E-state index contributed by atoms with van der Waals surface area (Å²) in [4.78, 5) is 0. The first-order valence-electron chi connectivity index (χ1n) is 7.20. The Bertz CT molecular complexity index is 450. The lowest BCUT2D eigenvalue weighted by Crippen LogP contribution is -2.25. The van der Waals surface area contributed by atoms with Gasteiger partial charge >= 0.3 is 0 Å². The number of rotatable bonds is 7. The molecule has 0 atom stereocenters. The largest absolute Gasteiger partial charge is 0.493 e. The molecule has 2 fully saturated rings. The molecule has 0 aromatic heterocycles. The number of para-hydroxylation sites is 1. The van der Waals surface area contributed by atoms with Crippen LogP contribution in [0.1, 0.15) is 31.2 Å². The average molecular weight is 261 g/mol. The third kappa shape index (κ3) is 2.57. The summed E-state index contributed by atoms with van der Waals surface area (Å²) in [5, 5.41) is 3.62. The number of benzene rings is 1. The first kappa shape index (κ1) is 12.8. The predicted molar refractivity (Wildman–Crippen MR) is 75.6 cm³/mol. The van der Waals surface area contributed by atoms with Crippen molar-refractivity contribution in [3.8, 4) is 11.5 Å². The Hall–Kier alpha value is -1.22. The number of methoxy groups -OCH3 is 2. The van der Waals surface area contributed by atoms with Gasteiger partial charge in [-0.1, -0.05) is 12.1 Å². The van der Waals surface area contributed by atoms with Crippen LogP contribution < -0.4 is 14.8 Å². The summed E-state index contributed by atoms with van der Waals surface area (Å²) in [5.41, 5.74) is 1.82. The second-order valence-electron chi connectivity index (χ2n) is 5.89. The van der Waals surface area contributed by atoms with Crippen molar-refractivity contribution in [3.05, 3.63) is 23.8 Å². The molecule has 0 heterocycles. The molecule has 0 spiro atoms. The number of hydrogen-bond donors (Lipinski definition) is 1. The van der Waals surface area contributed by atoms with Gasteiger partial charge < -0.3 is 14.8 Å². The van der Waals surface area contributed by atoms with E-state index >= 15 is 0 Å². The highest BCUT2D eigenvalue weighted by atomic mass is 16.5. The molecular weight excluding hydrogens is 238 g/mol. The van der Waals surface area contributed by atoms with E-state index in [0.717, 1.165) is 30.5 Å². The molecule has 0 saturated heterocycles. The molecule has 1 aromatic rings. The summed E-state index contributed by atoms with van der Waals surface area (Å²) in [5.74, 6) is 2.67. The predicted octanol–water partition coefficient (Wildman–Crippen LogP) is 2.98. The first-order valence-corrected chi connectivity index (χ1v) is 7.20. The number of hydrogen-bond acceptors (Lipinski definition) is 3. The van der Waals surface area contributed by atoms with Crippen LogP contribution in [0, 0.1) is 11.3 Å². The van der Waals surface area contributed by atoms with Crippen LogP contribution in [0.3, 0.4) is 0 Å². The molecule has 2 aliphatic rings. The fourth-order valence-corrected chi connectivity index (χ4v) is 3.12. The monoisotopic (exact) mass is 261 g/mol. The lowest BCUT2D eigenvalue weighted by molar-refractivity contribution is 0.348. The van der Waals surface area contributed by atoms with E-state index in [1.54, 1.807) is 14.2 Å². The summed E-state index contributed by atoms with van der Waals surface area (Å²) >= 11 is 0. The van der Waals surface area contributed by atoms with Crippen molar-refractivity contribution in [3.63, 3.8) is 0 Å². The highest BCUT2D eigenvalue weighted by molar-refractivity contribution is 5.46. The molecule has 19 heavy (non-hydrogen) atoms. The Balaban J connectivity index is 1.60. The Kier molecular flexibility index (Phi) is 3.40. The van der Waals surface area contributed by atoms with Crippen LogP contribution in [0.4, 0.5) is 0 Å². The van der Waals surface area contributed by atoms with E-state index < -0.39 is 0 Å². The summed E-state index contributed by atoms with van der Waals surface area (Å²) in [7, 11) is 3.38. The minimum absolute atomic E-state index is 0.645. The van der Waals surface area contributed by atoms with Crippen molar-refractivity contribution < 1.29 is 9.47 Å². The Morgan fingerprint density at radius 1 is 1.21 bits per heavy atom. The second kappa shape index (κ2) is 5.04. The quantitative estimate of drug-likeness (QED) is 0.818. The summed E-state index contributed by atoms with van der Waals surface area (Å²) in [6, 6.07) is 6.06. The summed E-state index contributed by atoms with van der Waals surface area (Å²) in [6.45, 7) is 2.01. The summed E-state index contributed by atoms with van der Waals surface area (Å²) in [6.07, 6.45) is 5.73. The van der Waals surface area contributed by atoms with Crippen LogP contribution in [0.5, 0.6) is 11.5 Å². The van der Waals surface area contributed by atoms with E-state index in [9.17, 15) is 0 Å². The number of ether oxygens (including phenoxy) is 2. The zero-order valence-corrected chi connectivity index (χ0v) is 11.9. The van der Waals surface area contributed by atoms with Crippen LogP contribution in [0.2, 0.25) is 0 Å². The van der Waals surface area contributed by atoms with Crippen molar-refractivity contribution in [2.45, 2.75) is 32.2 Å². The fraction of sp³-hybridized carbons (Fsp3) is 0.625. The van der Waals surface area contributed by atoms with Gasteiger partial charge in [0.2, 0.25) is 0 Å². The molecule has 3 heteroatoms. The van der Waals surface area contributed by atoms with Crippen LogP contribution in [-0.2, 0) is 6.54 Å². The molecule has 1 aromatic carbocycles. The third-order valence-corrected chi connectivity index (χ3v) is 4.61. The molecule has 0 bridgehead atoms. The number of nitrogens with one attached hydrogen (secondary N) is 1. The van der Waals surface area contributed by atoms with Crippen molar-refractivity contribution in [1.29, 1.82) is 0 Å². The Labute approximate surface area is 115 Å². The van der Waals surface area contributed by atoms with Gasteiger partial charge in [-0.25, -0.2) is 0 Å². The standard InChI is InChI=1S/C16H23NO2/c1-18-14-5-3-4-12(15(14)19-2)10-17-11-16(8-9-16)13-6-7-13/h3-5,13,17H,6-11H2,1-2H3.